The molecule has 2 aromatic carbocycles. The Labute approximate surface area is 202 Å². The Bertz CT molecular complexity index is 1060. The van der Waals surface area contributed by atoms with Crippen molar-refractivity contribution in [2.24, 2.45) is 0 Å². The van der Waals surface area contributed by atoms with E-state index in [9.17, 15) is 13.2 Å². The molecule has 2 atom stereocenters. The third-order valence-corrected chi connectivity index (χ3v) is 8.15. The van der Waals surface area contributed by atoms with Crippen molar-refractivity contribution in [1.29, 1.82) is 0 Å². The molecule has 0 spiro atoms. The number of hydrogen-bond acceptors (Lipinski definition) is 6. The van der Waals surface area contributed by atoms with Crippen molar-refractivity contribution in [3.05, 3.63) is 60.2 Å². The second kappa shape index (κ2) is 10.9. The molecule has 0 saturated carbocycles. The molecule has 2 aliphatic heterocycles. The molecule has 0 aromatic heterocycles. The van der Waals surface area contributed by atoms with Gasteiger partial charge in [-0.3, -0.25) is 9.69 Å². The number of piperazine rings is 1. The Hall–Kier alpha value is -2.46. The number of rotatable bonds is 7. The van der Waals surface area contributed by atoms with E-state index >= 15 is 0 Å². The van der Waals surface area contributed by atoms with Gasteiger partial charge < -0.3 is 15.0 Å². The molecule has 1 N–H and O–H groups in total. The maximum absolute atomic E-state index is 13.1. The van der Waals surface area contributed by atoms with E-state index in [4.69, 9.17) is 4.74 Å². The second-order valence-electron chi connectivity index (χ2n) is 9.03. The van der Waals surface area contributed by atoms with Crippen LogP contribution >= 0.6 is 0 Å². The van der Waals surface area contributed by atoms with Gasteiger partial charge in [0.05, 0.1) is 17.1 Å². The van der Waals surface area contributed by atoms with E-state index < -0.39 is 10.0 Å². The van der Waals surface area contributed by atoms with Crippen molar-refractivity contribution in [2.75, 3.05) is 57.3 Å². The molecule has 0 radical (unpaired) electrons. The molecule has 9 heteroatoms. The van der Waals surface area contributed by atoms with Crippen LogP contribution in [-0.2, 0) is 14.8 Å². The SMILES string of the molecule is CC1CN(S(=O)(=O)c2cccc(C(=O)NCCN3CCN(c4ccccc4)CC3)c2)CC(C)O1. The minimum absolute atomic E-state index is 0.137. The molecule has 2 aliphatic rings. The number of sulfonamides is 1. The zero-order valence-electron chi connectivity index (χ0n) is 19.9. The van der Waals surface area contributed by atoms with Crippen molar-refractivity contribution in [3.63, 3.8) is 0 Å². The molecule has 2 heterocycles. The predicted molar refractivity (Wildman–Crippen MR) is 133 cm³/mol. The van der Waals surface area contributed by atoms with Crippen LogP contribution in [0.3, 0.4) is 0 Å². The number of carbonyl (C=O) groups is 1. The summed E-state index contributed by atoms with van der Waals surface area (Å²) in [5.74, 6) is -0.260. The quantitative estimate of drug-likeness (QED) is 0.645. The van der Waals surface area contributed by atoms with Gasteiger partial charge in [-0.2, -0.15) is 4.31 Å². The maximum Gasteiger partial charge on any atom is 0.251 e. The molecule has 2 fully saturated rings. The van der Waals surface area contributed by atoms with Gasteiger partial charge in [-0.05, 0) is 44.2 Å². The van der Waals surface area contributed by atoms with E-state index in [1.165, 1.54) is 16.1 Å². The van der Waals surface area contributed by atoms with Gasteiger partial charge in [-0.1, -0.05) is 24.3 Å². The van der Waals surface area contributed by atoms with Crippen molar-refractivity contribution in [2.45, 2.75) is 31.0 Å². The molecular weight excluding hydrogens is 452 g/mol. The minimum Gasteiger partial charge on any atom is -0.373 e. The van der Waals surface area contributed by atoms with E-state index in [1.54, 1.807) is 18.2 Å². The molecule has 184 valence electrons. The second-order valence-corrected chi connectivity index (χ2v) is 11.0. The molecular formula is C25H34N4O4S. The highest BCUT2D eigenvalue weighted by Crippen LogP contribution is 2.22. The molecule has 1 amide bonds. The number of nitrogens with one attached hydrogen (secondary N) is 1. The maximum atomic E-state index is 13.1. The molecule has 2 aromatic rings. The zero-order valence-corrected chi connectivity index (χ0v) is 20.7. The summed E-state index contributed by atoms with van der Waals surface area (Å²) in [7, 11) is -3.69. The lowest BCUT2D eigenvalue weighted by Crippen LogP contribution is -2.48. The Morgan fingerprint density at radius 1 is 0.971 bits per heavy atom. The minimum atomic E-state index is -3.69. The average molecular weight is 487 g/mol. The Balaban J connectivity index is 1.28. The number of ether oxygens (including phenoxy) is 1. The van der Waals surface area contributed by atoms with Crippen molar-refractivity contribution >= 4 is 21.6 Å². The number of para-hydroxylation sites is 1. The van der Waals surface area contributed by atoms with E-state index in [2.05, 4.69) is 39.4 Å². The highest BCUT2D eigenvalue weighted by atomic mass is 32.2. The Kier molecular flexibility index (Phi) is 7.88. The fraction of sp³-hybridized carbons (Fsp3) is 0.480. The van der Waals surface area contributed by atoms with Crippen molar-refractivity contribution < 1.29 is 17.9 Å². The Morgan fingerprint density at radius 2 is 1.65 bits per heavy atom. The molecule has 2 unspecified atom stereocenters. The van der Waals surface area contributed by atoms with Gasteiger partial charge in [-0.15, -0.1) is 0 Å². The third kappa shape index (κ3) is 5.96. The van der Waals surface area contributed by atoms with Crippen molar-refractivity contribution in [1.82, 2.24) is 14.5 Å². The lowest BCUT2D eigenvalue weighted by Gasteiger charge is -2.36. The van der Waals surface area contributed by atoms with Gasteiger partial charge in [0.2, 0.25) is 10.0 Å². The largest absolute Gasteiger partial charge is 0.373 e. The van der Waals surface area contributed by atoms with E-state index in [-0.39, 0.29) is 23.0 Å². The number of hydrogen-bond donors (Lipinski definition) is 1. The standard InChI is InChI=1S/C25H34N4O4S/c1-20-18-29(19-21(2)33-20)34(31,32)24-10-6-7-22(17-24)25(30)26-11-12-27-13-15-28(16-14-27)23-8-4-3-5-9-23/h3-10,17,20-21H,11-16,18-19H2,1-2H3,(H,26,30). The van der Waals surface area contributed by atoms with Crippen LogP contribution in [0, 0.1) is 0 Å². The van der Waals surface area contributed by atoms with Crippen LogP contribution in [0.2, 0.25) is 0 Å². The number of benzene rings is 2. The van der Waals surface area contributed by atoms with Crippen LogP contribution in [0.25, 0.3) is 0 Å². The number of nitrogens with zero attached hydrogens (tertiary/aromatic N) is 3. The highest BCUT2D eigenvalue weighted by molar-refractivity contribution is 7.89. The predicted octanol–water partition coefficient (Wildman–Crippen LogP) is 2.04. The Morgan fingerprint density at radius 3 is 2.32 bits per heavy atom. The number of amides is 1. The van der Waals surface area contributed by atoms with Crippen LogP contribution in [0.1, 0.15) is 24.2 Å². The van der Waals surface area contributed by atoms with Gasteiger partial charge in [0.1, 0.15) is 0 Å². The summed E-state index contributed by atoms with van der Waals surface area (Å²) < 4.78 is 33.4. The van der Waals surface area contributed by atoms with Gasteiger partial charge >= 0.3 is 0 Å². The van der Waals surface area contributed by atoms with Gasteiger partial charge in [0, 0.05) is 63.6 Å². The third-order valence-electron chi connectivity index (χ3n) is 6.33. The lowest BCUT2D eigenvalue weighted by molar-refractivity contribution is -0.0440. The van der Waals surface area contributed by atoms with Crippen LogP contribution < -0.4 is 10.2 Å². The summed E-state index contributed by atoms with van der Waals surface area (Å²) in [5, 5.41) is 2.94. The topological polar surface area (TPSA) is 82.2 Å². The number of morpholine rings is 1. The first-order chi connectivity index (χ1) is 16.3. The summed E-state index contributed by atoms with van der Waals surface area (Å²) in [6, 6.07) is 16.7. The summed E-state index contributed by atoms with van der Waals surface area (Å²) in [6.07, 6.45) is -0.334. The first-order valence-corrected chi connectivity index (χ1v) is 13.3. The van der Waals surface area contributed by atoms with Gasteiger partial charge in [0.15, 0.2) is 0 Å². The van der Waals surface area contributed by atoms with E-state index in [0.29, 0.717) is 25.2 Å². The van der Waals surface area contributed by atoms with Crippen LogP contribution in [0.15, 0.2) is 59.5 Å². The number of carbonyl (C=O) groups excluding carboxylic acids is 1. The summed E-state index contributed by atoms with van der Waals surface area (Å²) in [4.78, 5) is 17.6. The van der Waals surface area contributed by atoms with Gasteiger partial charge in [0.25, 0.3) is 5.91 Å². The normalized spacial score (nSPS) is 22.5. The first kappa shape index (κ1) is 24.7. The van der Waals surface area contributed by atoms with Crippen molar-refractivity contribution in [3.8, 4) is 0 Å². The van der Waals surface area contributed by atoms with Crippen LogP contribution in [0.5, 0.6) is 0 Å². The van der Waals surface area contributed by atoms with E-state index in [1.807, 2.05) is 19.9 Å². The summed E-state index contributed by atoms with van der Waals surface area (Å²) in [5.41, 5.74) is 1.59. The monoisotopic (exact) mass is 486 g/mol. The number of anilines is 1. The molecule has 8 nitrogen and oxygen atoms in total. The smallest absolute Gasteiger partial charge is 0.251 e. The van der Waals surface area contributed by atoms with Gasteiger partial charge in [-0.25, -0.2) is 8.42 Å². The summed E-state index contributed by atoms with van der Waals surface area (Å²) >= 11 is 0. The summed E-state index contributed by atoms with van der Waals surface area (Å²) in [6.45, 7) is 9.40. The van der Waals surface area contributed by atoms with Crippen LogP contribution in [-0.4, -0.2) is 88.1 Å². The fourth-order valence-corrected chi connectivity index (χ4v) is 6.21. The fourth-order valence-electron chi connectivity index (χ4n) is 4.57. The molecule has 4 rings (SSSR count). The highest BCUT2D eigenvalue weighted by Gasteiger charge is 2.32. The molecule has 0 bridgehead atoms. The molecule has 0 aliphatic carbocycles. The molecule has 34 heavy (non-hydrogen) atoms. The van der Waals surface area contributed by atoms with Crippen LogP contribution in [0.4, 0.5) is 5.69 Å². The zero-order chi connectivity index (χ0) is 24.1. The van der Waals surface area contributed by atoms with E-state index in [0.717, 1.165) is 32.7 Å². The molecule has 2 saturated heterocycles. The average Bonchev–Trinajstić information content (AvgIpc) is 2.84. The first-order valence-electron chi connectivity index (χ1n) is 11.9. The lowest BCUT2D eigenvalue weighted by atomic mass is 10.2.